The van der Waals surface area contributed by atoms with Gasteiger partial charge in [-0.1, -0.05) is 26.8 Å². The largest absolute Gasteiger partial charge is 0.443 e. The molecule has 1 aromatic heterocycles. The Labute approximate surface area is 171 Å². The zero-order chi connectivity index (χ0) is 21.7. The summed E-state index contributed by atoms with van der Waals surface area (Å²) in [4.78, 5) is 8.72. The lowest BCUT2D eigenvalue weighted by Gasteiger charge is -2.13. The molecule has 2 N–H and O–H groups in total. The molecule has 0 aliphatic rings. The first kappa shape index (κ1) is 22.9. The molecular formula is C20H29FN4O3S. The lowest BCUT2D eigenvalue weighted by atomic mass is 9.94. The molecule has 0 bridgehead atoms. The molecule has 0 atom stereocenters. The predicted octanol–water partition coefficient (Wildman–Crippen LogP) is 2.91. The molecule has 0 spiro atoms. The fourth-order valence-electron chi connectivity index (χ4n) is 2.57. The molecule has 2 aromatic rings. The van der Waals surface area contributed by atoms with Gasteiger partial charge in [-0.15, -0.1) is 0 Å². The second-order valence-electron chi connectivity index (χ2n) is 7.90. The van der Waals surface area contributed by atoms with Crippen LogP contribution in [-0.2, 0) is 34.1 Å². The van der Waals surface area contributed by atoms with Crippen molar-refractivity contribution in [3.63, 3.8) is 0 Å². The highest BCUT2D eigenvalue weighted by Crippen LogP contribution is 2.22. The first-order valence-electron chi connectivity index (χ1n) is 9.40. The zero-order valence-electron chi connectivity index (χ0n) is 17.5. The first-order chi connectivity index (χ1) is 13.5. The molecule has 9 heteroatoms. The van der Waals surface area contributed by atoms with Gasteiger partial charge in [0.15, 0.2) is 15.8 Å². The van der Waals surface area contributed by atoms with Crippen molar-refractivity contribution in [1.82, 2.24) is 15.6 Å². The van der Waals surface area contributed by atoms with Crippen molar-refractivity contribution >= 4 is 15.8 Å². The van der Waals surface area contributed by atoms with E-state index < -0.39 is 15.7 Å². The summed E-state index contributed by atoms with van der Waals surface area (Å²) in [7, 11) is -3.24. The maximum absolute atomic E-state index is 13.7. The minimum atomic E-state index is -3.24. The number of halogens is 1. The van der Waals surface area contributed by atoms with Crippen LogP contribution in [-0.4, -0.2) is 32.2 Å². The van der Waals surface area contributed by atoms with E-state index in [4.69, 9.17) is 4.42 Å². The van der Waals surface area contributed by atoms with E-state index in [-0.39, 0.29) is 17.7 Å². The van der Waals surface area contributed by atoms with E-state index in [0.717, 1.165) is 12.0 Å². The molecule has 7 nitrogen and oxygen atoms in total. The Morgan fingerprint density at radius 3 is 2.55 bits per heavy atom. The number of nitrogens with zero attached hydrogens (tertiary/aromatic N) is 2. The van der Waals surface area contributed by atoms with Crippen molar-refractivity contribution in [3.05, 3.63) is 53.0 Å². The zero-order valence-corrected chi connectivity index (χ0v) is 18.4. The van der Waals surface area contributed by atoms with E-state index in [9.17, 15) is 12.8 Å². The topological polar surface area (TPSA) is 96.6 Å². The van der Waals surface area contributed by atoms with Crippen LogP contribution in [0.15, 0.2) is 33.8 Å². The predicted molar refractivity (Wildman–Crippen MR) is 112 cm³/mol. The number of rotatable bonds is 7. The number of oxazole rings is 1. The summed E-state index contributed by atoms with van der Waals surface area (Å²) in [5.74, 6) is 1.23. The van der Waals surface area contributed by atoms with Gasteiger partial charge in [-0.2, -0.15) is 0 Å². The van der Waals surface area contributed by atoms with Gasteiger partial charge in [0.1, 0.15) is 11.6 Å². The van der Waals surface area contributed by atoms with Crippen LogP contribution in [0, 0.1) is 5.82 Å². The molecule has 2 rings (SSSR count). The van der Waals surface area contributed by atoms with Gasteiger partial charge in [0, 0.05) is 18.2 Å². The summed E-state index contributed by atoms with van der Waals surface area (Å²) >= 11 is 0. The third-order valence-electron chi connectivity index (χ3n) is 4.04. The Balaban J connectivity index is 2.13. The van der Waals surface area contributed by atoms with Crippen LogP contribution in [0.2, 0.25) is 0 Å². The van der Waals surface area contributed by atoms with Crippen LogP contribution in [0.4, 0.5) is 4.39 Å². The number of sulfone groups is 1. The van der Waals surface area contributed by atoms with Gasteiger partial charge in [0.2, 0.25) is 5.89 Å². The van der Waals surface area contributed by atoms with Crippen molar-refractivity contribution in [3.8, 4) is 0 Å². The van der Waals surface area contributed by atoms with Crippen LogP contribution in [0.1, 0.15) is 50.5 Å². The van der Waals surface area contributed by atoms with Crippen molar-refractivity contribution in [1.29, 1.82) is 0 Å². The van der Waals surface area contributed by atoms with E-state index in [1.165, 1.54) is 18.2 Å². The highest BCUT2D eigenvalue weighted by molar-refractivity contribution is 7.89. The van der Waals surface area contributed by atoms with Gasteiger partial charge in [-0.25, -0.2) is 22.8 Å². The molecule has 0 unspecified atom stereocenters. The summed E-state index contributed by atoms with van der Waals surface area (Å²) in [6.07, 6.45) is 2.86. The van der Waals surface area contributed by atoms with Crippen LogP contribution < -0.4 is 10.6 Å². The minimum Gasteiger partial charge on any atom is -0.443 e. The normalized spacial score (nSPS) is 12.8. The number of aromatic nitrogens is 1. The monoisotopic (exact) mass is 424 g/mol. The summed E-state index contributed by atoms with van der Waals surface area (Å²) < 4.78 is 42.7. The van der Waals surface area contributed by atoms with Gasteiger partial charge in [0.25, 0.3) is 0 Å². The average Bonchev–Trinajstić information content (AvgIpc) is 3.07. The van der Waals surface area contributed by atoms with Crippen molar-refractivity contribution in [2.75, 3.05) is 12.8 Å². The fraction of sp³-hybridized carbons (Fsp3) is 0.500. The standard InChI is InChI=1S/C20H29FN4O3S/c1-6-22-19(25-12-18-23-11-17(28-18)20(2,3)4)24-10-15-9-16(21)8-7-14(15)13-29(5,26)27/h7-9,11H,6,10,12-13H2,1-5H3,(H2,22,24,25). The molecule has 1 aromatic carbocycles. The molecule has 29 heavy (non-hydrogen) atoms. The van der Waals surface area contributed by atoms with Gasteiger partial charge in [-0.05, 0) is 30.2 Å². The highest BCUT2D eigenvalue weighted by Gasteiger charge is 2.19. The number of guanidine groups is 1. The Kier molecular flexibility index (Phi) is 7.40. The quantitative estimate of drug-likeness (QED) is 0.524. The van der Waals surface area contributed by atoms with E-state index in [0.29, 0.717) is 36.1 Å². The third-order valence-corrected chi connectivity index (χ3v) is 4.87. The second kappa shape index (κ2) is 9.39. The number of nitrogens with one attached hydrogen (secondary N) is 2. The molecule has 0 aliphatic heterocycles. The van der Waals surface area contributed by atoms with Crippen LogP contribution in [0.25, 0.3) is 0 Å². The first-order valence-corrected chi connectivity index (χ1v) is 11.5. The fourth-order valence-corrected chi connectivity index (χ4v) is 3.42. The molecule has 0 saturated heterocycles. The Hall–Kier alpha value is -2.42. The number of hydrogen-bond donors (Lipinski definition) is 2. The summed E-state index contributed by atoms with van der Waals surface area (Å²) in [5, 5.41) is 6.22. The molecule has 0 saturated carbocycles. The average molecular weight is 425 g/mol. The minimum absolute atomic E-state index is 0.128. The van der Waals surface area contributed by atoms with Gasteiger partial charge in [0.05, 0.1) is 25.0 Å². The second-order valence-corrected chi connectivity index (χ2v) is 10.0. The Bertz CT molecular complexity index is 962. The molecule has 0 fully saturated rings. The smallest absolute Gasteiger partial charge is 0.213 e. The summed E-state index contributed by atoms with van der Waals surface area (Å²) in [6, 6.07) is 4.06. The van der Waals surface area contributed by atoms with Gasteiger partial charge >= 0.3 is 0 Å². The molecular weight excluding hydrogens is 395 g/mol. The van der Waals surface area contributed by atoms with Crippen molar-refractivity contribution < 1.29 is 17.2 Å². The Morgan fingerprint density at radius 2 is 1.97 bits per heavy atom. The third kappa shape index (κ3) is 7.49. The molecule has 1 heterocycles. The van der Waals surface area contributed by atoms with E-state index >= 15 is 0 Å². The number of aliphatic imine (C=N–C) groups is 1. The number of hydrogen-bond acceptors (Lipinski definition) is 5. The SMILES string of the molecule is CCNC(=NCc1cc(F)ccc1CS(C)(=O)=O)NCc1ncc(C(C)(C)C)o1. The molecule has 160 valence electrons. The highest BCUT2D eigenvalue weighted by atomic mass is 32.2. The molecule has 0 aliphatic carbocycles. The van der Waals surface area contributed by atoms with Crippen molar-refractivity contribution in [2.24, 2.45) is 4.99 Å². The summed E-state index contributed by atoms with van der Waals surface area (Å²) in [6.45, 7) is 9.16. The van der Waals surface area contributed by atoms with E-state index in [1.807, 2.05) is 27.7 Å². The van der Waals surface area contributed by atoms with Gasteiger partial charge in [-0.3, -0.25) is 0 Å². The number of benzene rings is 1. The molecule has 0 radical (unpaired) electrons. The lowest BCUT2D eigenvalue weighted by molar-refractivity contribution is 0.379. The van der Waals surface area contributed by atoms with Crippen LogP contribution in [0.3, 0.4) is 0 Å². The van der Waals surface area contributed by atoms with Crippen LogP contribution >= 0.6 is 0 Å². The maximum atomic E-state index is 13.7. The molecule has 0 amide bonds. The van der Waals surface area contributed by atoms with Crippen molar-refractivity contribution in [2.45, 2.75) is 52.0 Å². The van der Waals surface area contributed by atoms with Gasteiger partial charge < -0.3 is 15.1 Å². The van der Waals surface area contributed by atoms with E-state index in [1.54, 1.807) is 6.20 Å². The summed E-state index contributed by atoms with van der Waals surface area (Å²) in [5.41, 5.74) is 0.937. The van der Waals surface area contributed by atoms with E-state index in [2.05, 4.69) is 20.6 Å². The maximum Gasteiger partial charge on any atom is 0.213 e. The van der Waals surface area contributed by atoms with Crippen LogP contribution in [0.5, 0.6) is 0 Å². The lowest BCUT2D eigenvalue weighted by Crippen LogP contribution is -2.36. The Morgan fingerprint density at radius 1 is 1.24 bits per heavy atom.